The molecule has 0 saturated carbocycles. The van der Waals surface area contributed by atoms with Crippen LogP contribution in [0.1, 0.15) is 42.2 Å². The summed E-state index contributed by atoms with van der Waals surface area (Å²) in [6.45, 7) is 0. The summed E-state index contributed by atoms with van der Waals surface area (Å²) in [4.78, 5) is 26.2. The molecule has 0 fully saturated rings. The number of carbonyl (C=O) groups is 2. The van der Waals surface area contributed by atoms with Crippen LogP contribution in [0, 0.1) is 5.82 Å². The molecule has 0 saturated heterocycles. The van der Waals surface area contributed by atoms with Crippen LogP contribution in [-0.2, 0) is 9.59 Å². The largest absolute Gasteiger partial charge is 0.294 e. The Bertz CT molecular complexity index is 952. The number of hydrogen-bond donors (Lipinski definition) is 0. The standard InChI is InChI=1S/C23H23FN2O2/c1-25(2)26-20-12-17(15-7-4-3-5-8-15)13-21(27)23(20)19(14-22(26)28)16-9-6-10-18(24)11-16/h3-11,17,19H,12-14H2,1-2H3/t17-,19+/m1/s1. The van der Waals surface area contributed by atoms with Crippen LogP contribution < -0.4 is 0 Å². The van der Waals surface area contributed by atoms with Gasteiger partial charge < -0.3 is 0 Å². The van der Waals surface area contributed by atoms with Crippen molar-refractivity contribution < 1.29 is 14.0 Å². The first-order valence-corrected chi connectivity index (χ1v) is 9.52. The number of hydrogen-bond acceptors (Lipinski definition) is 3. The van der Waals surface area contributed by atoms with Crippen molar-refractivity contribution in [3.05, 3.63) is 82.8 Å². The number of hydrazine groups is 1. The monoisotopic (exact) mass is 378 g/mol. The first-order valence-electron chi connectivity index (χ1n) is 9.52. The molecule has 144 valence electrons. The maximum absolute atomic E-state index is 13.8. The first-order chi connectivity index (χ1) is 13.5. The van der Waals surface area contributed by atoms with Gasteiger partial charge in [0.25, 0.3) is 0 Å². The lowest BCUT2D eigenvalue weighted by atomic mass is 9.73. The molecule has 5 heteroatoms. The minimum atomic E-state index is -0.390. The molecule has 0 bridgehead atoms. The van der Waals surface area contributed by atoms with E-state index in [0.717, 1.165) is 11.3 Å². The molecule has 0 unspecified atom stereocenters. The van der Waals surface area contributed by atoms with Gasteiger partial charge in [-0.25, -0.2) is 14.4 Å². The highest BCUT2D eigenvalue weighted by molar-refractivity contribution is 6.02. The Balaban J connectivity index is 1.82. The second kappa shape index (κ2) is 7.32. The molecule has 0 N–H and O–H groups in total. The zero-order valence-electron chi connectivity index (χ0n) is 16.1. The van der Waals surface area contributed by atoms with E-state index in [9.17, 15) is 14.0 Å². The number of allylic oxidation sites excluding steroid dienone is 2. The molecule has 2 aliphatic rings. The van der Waals surface area contributed by atoms with Crippen LogP contribution >= 0.6 is 0 Å². The average Bonchev–Trinajstić information content (AvgIpc) is 2.67. The summed E-state index contributed by atoms with van der Waals surface area (Å²) in [5.74, 6) is -0.733. The molecular weight excluding hydrogens is 355 g/mol. The lowest BCUT2D eigenvalue weighted by molar-refractivity contribution is -0.143. The van der Waals surface area contributed by atoms with E-state index in [1.54, 1.807) is 22.2 Å². The molecule has 2 aromatic carbocycles. The van der Waals surface area contributed by atoms with Gasteiger partial charge in [0.1, 0.15) is 5.82 Å². The molecule has 4 rings (SSSR count). The Kier molecular flexibility index (Phi) is 4.85. The fourth-order valence-corrected chi connectivity index (χ4v) is 4.45. The van der Waals surface area contributed by atoms with Crippen molar-refractivity contribution in [2.45, 2.75) is 31.1 Å². The summed E-state index contributed by atoms with van der Waals surface area (Å²) < 4.78 is 13.8. The van der Waals surface area contributed by atoms with E-state index in [-0.39, 0.29) is 29.8 Å². The highest BCUT2D eigenvalue weighted by Gasteiger charge is 2.42. The Morgan fingerprint density at radius 2 is 1.64 bits per heavy atom. The summed E-state index contributed by atoms with van der Waals surface area (Å²) in [7, 11) is 3.61. The molecule has 1 aliphatic carbocycles. The third kappa shape index (κ3) is 3.27. The van der Waals surface area contributed by atoms with Gasteiger partial charge in [-0.15, -0.1) is 0 Å². The predicted molar refractivity (Wildman–Crippen MR) is 105 cm³/mol. The minimum absolute atomic E-state index is 0.0361. The van der Waals surface area contributed by atoms with Crippen molar-refractivity contribution in [1.29, 1.82) is 0 Å². The number of Topliss-reactive ketones (excluding diaryl/α,β-unsaturated/α-hetero) is 1. The smallest absolute Gasteiger partial charge is 0.242 e. The van der Waals surface area contributed by atoms with Gasteiger partial charge in [-0.1, -0.05) is 42.5 Å². The van der Waals surface area contributed by atoms with Crippen molar-refractivity contribution in [2.24, 2.45) is 0 Å². The van der Waals surface area contributed by atoms with E-state index in [1.165, 1.54) is 12.1 Å². The van der Waals surface area contributed by atoms with Crippen LogP contribution in [0.5, 0.6) is 0 Å². The Hall–Kier alpha value is -2.79. The molecule has 4 nitrogen and oxygen atoms in total. The molecule has 1 amide bonds. The summed E-state index contributed by atoms with van der Waals surface area (Å²) >= 11 is 0. The Labute approximate surface area is 164 Å². The quantitative estimate of drug-likeness (QED) is 0.810. The number of benzene rings is 2. The van der Waals surface area contributed by atoms with E-state index < -0.39 is 5.92 Å². The molecule has 0 spiro atoms. The van der Waals surface area contributed by atoms with Crippen molar-refractivity contribution in [1.82, 2.24) is 10.0 Å². The molecule has 2 aromatic rings. The maximum atomic E-state index is 13.8. The van der Waals surface area contributed by atoms with Gasteiger partial charge in [0.05, 0.1) is 0 Å². The second-order valence-corrected chi connectivity index (χ2v) is 7.66. The fraction of sp³-hybridized carbons (Fsp3) is 0.304. The van der Waals surface area contributed by atoms with E-state index in [2.05, 4.69) is 0 Å². The van der Waals surface area contributed by atoms with Gasteiger partial charge in [0.15, 0.2) is 5.78 Å². The minimum Gasteiger partial charge on any atom is -0.294 e. The summed E-state index contributed by atoms with van der Waals surface area (Å²) in [5.41, 5.74) is 3.19. The second-order valence-electron chi connectivity index (χ2n) is 7.66. The lowest BCUT2D eigenvalue weighted by Crippen LogP contribution is -2.47. The van der Waals surface area contributed by atoms with Crippen molar-refractivity contribution in [2.75, 3.05) is 14.1 Å². The molecule has 2 atom stereocenters. The van der Waals surface area contributed by atoms with Gasteiger partial charge >= 0.3 is 0 Å². The molecule has 28 heavy (non-hydrogen) atoms. The number of amides is 1. The van der Waals surface area contributed by atoms with Crippen LogP contribution in [0.15, 0.2) is 65.9 Å². The number of carbonyl (C=O) groups excluding carboxylic acids is 2. The number of halogens is 1. The van der Waals surface area contributed by atoms with E-state index >= 15 is 0 Å². The summed E-state index contributed by atoms with van der Waals surface area (Å²) in [6.07, 6.45) is 1.19. The van der Waals surface area contributed by atoms with Gasteiger partial charge in [-0.2, -0.15) is 0 Å². The Morgan fingerprint density at radius 3 is 2.32 bits per heavy atom. The van der Waals surface area contributed by atoms with Gasteiger partial charge in [0.2, 0.25) is 5.91 Å². The van der Waals surface area contributed by atoms with Crippen molar-refractivity contribution in [3.63, 3.8) is 0 Å². The van der Waals surface area contributed by atoms with Crippen LogP contribution in [0.3, 0.4) is 0 Å². The Morgan fingerprint density at radius 1 is 0.929 bits per heavy atom. The fourth-order valence-electron chi connectivity index (χ4n) is 4.45. The third-order valence-electron chi connectivity index (χ3n) is 5.62. The zero-order chi connectivity index (χ0) is 19.8. The maximum Gasteiger partial charge on any atom is 0.242 e. The molecule has 1 aliphatic heterocycles. The van der Waals surface area contributed by atoms with Crippen molar-refractivity contribution in [3.8, 4) is 0 Å². The first kappa shape index (κ1) is 18.6. The number of rotatable bonds is 3. The lowest BCUT2D eigenvalue weighted by Gasteiger charge is -2.42. The van der Waals surface area contributed by atoms with E-state index in [1.807, 2.05) is 44.4 Å². The molecule has 0 radical (unpaired) electrons. The van der Waals surface area contributed by atoms with Crippen LogP contribution in [0.4, 0.5) is 4.39 Å². The van der Waals surface area contributed by atoms with Crippen LogP contribution in [0.2, 0.25) is 0 Å². The normalized spacial score (nSPS) is 22.6. The van der Waals surface area contributed by atoms with E-state index in [4.69, 9.17) is 0 Å². The summed E-state index contributed by atoms with van der Waals surface area (Å²) in [6, 6.07) is 16.2. The third-order valence-corrected chi connectivity index (χ3v) is 5.62. The van der Waals surface area contributed by atoms with Crippen molar-refractivity contribution >= 4 is 11.7 Å². The summed E-state index contributed by atoms with van der Waals surface area (Å²) in [5, 5.41) is 3.36. The average molecular weight is 378 g/mol. The van der Waals surface area contributed by atoms with Gasteiger partial charge in [-0.3, -0.25) is 9.59 Å². The number of nitrogens with zero attached hydrogens (tertiary/aromatic N) is 2. The molecular formula is C23H23FN2O2. The SMILES string of the molecule is CN(C)N1C(=O)C[C@@H](c2cccc(F)c2)C2=C1C[C@@H](c1ccccc1)CC2=O. The van der Waals surface area contributed by atoms with Crippen LogP contribution in [0.25, 0.3) is 0 Å². The molecule has 0 aromatic heterocycles. The van der Waals surface area contributed by atoms with E-state index in [0.29, 0.717) is 24.0 Å². The highest BCUT2D eigenvalue weighted by Crippen LogP contribution is 2.45. The van der Waals surface area contributed by atoms with Gasteiger partial charge in [0, 0.05) is 44.1 Å². The molecule has 1 heterocycles. The highest BCUT2D eigenvalue weighted by atomic mass is 19.1. The number of ketones is 1. The predicted octanol–water partition coefficient (Wildman–Crippen LogP) is 4.02. The van der Waals surface area contributed by atoms with Gasteiger partial charge in [-0.05, 0) is 35.6 Å². The zero-order valence-corrected chi connectivity index (χ0v) is 16.1. The topological polar surface area (TPSA) is 40.6 Å². The van der Waals surface area contributed by atoms with Crippen LogP contribution in [-0.4, -0.2) is 35.8 Å².